The van der Waals surface area contributed by atoms with Gasteiger partial charge >= 0.3 is 0 Å². The Bertz CT molecular complexity index is 389. The van der Waals surface area contributed by atoms with Crippen LogP contribution in [0.25, 0.3) is 0 Å². The molecule has 0 aromatic heterocycles. The molecule has 0 amide bonds. The van der Waals surface area contributed by atoms with Gasteiger partial charge in [0.15, 0.2) is 0 Å². The van der Waals surface area contributed by atoms with Crippen molar-refractivity contribution in [2.45, 2.75) is 44.6 Å². The molecule has 3 heteroatoms. The smallest absolute Gasteiger partial charge is 0.219 e. The second-order valence-electron chi connectivity index (χ2n) is 4.90. The molecule has 0 heterocycles. The number of allylic oxidation sites excluding steroid dienone is 1. The first-order valence-electron chi connectivity index (χ1n) is 7.25. The summed E-state index contributed by atoms with van der Waals surface area (Å²) in [5, 5.41) is 9.90. The molecule has 1 aromatic rings. The lowest BCUT2D eigenvalue weighted by molar-refractivity contribution is 0.108. The molecule has 0 radical (unpaired) electrons. The first kappa shape index (κ1) is 17.0. The minimum absolute atomic E-state index is 0.0376. The van der Waals surface area contributed by atoms with E-state index in [2.05, 4.69) is 6.58 Å². The summed E-state index contributed by atoms with van der Waals surface area (Å²) < 4.78 is 0. The van der Waals surface area contributed by atoms with Crippen LogP contribution < -0.4 is 0 Å². The molecule has 110 valence electrons. The molecule has 1 aromatic carbocycles. The van der Waals surface area contributed by atoms with Gasteiger partial charge in [0.05, 0.1) is 6.10 Å². The molecule has 0 aliphatic heterocycles. The highest BCUT2D eigenvalue weighted by molar-refractivity contribution is 8.14. The van der Waals surface area contributed by atoms with E-state index in [1.165, 1.54) is 24.6 Å². The number of thioether (sulfide) groups is 1. The van der Waals surface area contributed by atoms with E-state index >= 15 is 0 Å². The number of benzene rings is 1. The maximum atomic E-state index is 11.8. The molecule has 0 aliphatic carbocycles. The Balaban J connectivity index is 2.09. The minimum Gasteiger partial charge on any atom is -0.392 e. The molecule has 1 N–H and O–H groups in total. The lowest BCUT2D eigenvalue weighted by Crippen LogP contribution is -2.11. The molecule has 0 saturated carbocycles. The Kier molecular flexibility index (Phi) is 9.09. The SMILES string of the molecule is C=CCCCCCCC(O)CSC(=O)c1ccccc1. The van der Waals surface area contributed by atoms with E-state index < -0.39 is 0 Å². The zero-order valence-electron chi connectivity index (χ0n) is 12.0. The number of hydrogen-bond donors (Lipinski definition) is 1. The van der Waals surface area contributed by atoms with E-state index in [-0.39, 0.29) is 11.2 Å². The normalized spacial score (nSPS) is 12.1. The Labute approximate surface area is 126 Å². The van der Waals surface area contributed by atoms with Crippen LogP contribution in [0, 0.1) is 0 Å². The van der Waals surface area contributed by atoms with Gasteiger partial charge in [0.1, 0.15) is 0 Å². The number of carbonyl (C=O) groups excluding carboxylic acids is 1. The zero-order chi connectivity index (χ0) is 14.6. The van der Waals surface area contributed by atoms with Gasteiger partial charge in [-0.1, -0.05) is 67.4 Å². The van der Waals surface area contributed by atoms with Crippen LogP contribution in [0.1, 0.15) is 48.9 Å². The van der Waals surface area contributed by atoms with Crippen molar-refractivity contribution in [2.75, 3.05) is 5.75 Å². The average Bonchev–Trinajstić information content (AvgIpc) is 2.49. The molecular formula is C17H24O2S. The van der Waals surface area contributed by atoms with Gasteiger partial charge in [0.2, 0.25) is 5.12 Å². The van der Waals surface area contributed by atoms with Crippen LogP contribution in [0.5, 0.6) is 0 Å². The van der Waals surface area contributed by atoms with E-state index in [0.717, 1.165) is 25.7 Å². The van der Waals surface area contributed by atoms with Crippen LogP contribution in [0.4, 0.5) is 0 Å². The summed E-state index contributed by atoms with van der Waals surface area (Å²) in [6, 6.07) is 9.21. The Hall–Kier alpha value is -1.06. The summed E-state index contributed by atoms with van der Waals surface area (Å²) in [6.45, 7) is 3.70. The van der Waals surface area contributed by atoms with Crippen molar-refractivity contribution in [1.82, 2.24) is 0 Å². The van der Waals surface area contributed by atoms with E-state index in [4.69, 9.17) is 0 Å². The molecule has 0 spiro atoms. The van der Waals surface area contributed by atoms with Crippen molar-refractivity contribution >= 4 is 16.9 Å². The standard InChI is InChI=1S/C17H24O2S/c1-2-3-4-5-6-10-13-16(18)14-20-17(19)15-11-8-7-9-12-15/h2,7-9,11-12,16,18H,1,3-6,10,13-14H2. The van der Waals surface area contributed by atoms with Gasteiger partial charge in [0, 0.05) is 11.3 Å². The van der Waals surface area contributed by atoms with Gasteiger partial charge in [0.25, 0.3) is 0 Å². The Morgan fingerprint density at radius 2 is 1.90 bits per heavy atom. The highest BCUT2D eigenvalue weighted by Gasteiger charge is 2.10. The molecule has 0 saturated heterocycles. The fourth-order valence-corrected chi connectivity index (χ4v) is 2.75. The van der Waals surface area contributed by atoms with E-state index in [1.807, 2.05) is 24.3 Å². The first-order chi connectivity index (χ1) is 9.74. The van der Waals surface area contributed by atoms with E-state index in [9.17, 15) is 9.90 Å². The number of rotatable bonds is 10. The van der Waals surface area contributed by atoms with Crippen LogP contribution in [0.2, 0.25) is 0 Å². The summed E-state index contributed by atoms with van der Waals surface area (Å²) in [4.78, 5) is 11.8. The van der Waals surface area contributed by atoms with Crippen molar-refractivity contribution in [3.05, 3.63) is 48.6 Å². The zero-order valence-corrected chi connectivity index (χ0v) is 12.8. The van der Waals surface area contributed by atoms with Crippen molar-refractivity contribution < 1.29 is 9.90 Å². The molecular weight excluding hydrogens is 268 g/mol. The number of aliphatic hydroxyl groups excluding tert-OH is 1. The predicted octanol–water partition coefficient (Wildman–Crippen LogP) is 4.45. The van der Waals surface area contributed by atoms with Gasteiger partial charge in [-0.2, -0.15) is 0 Å². The van der Waals surface area contributed by atoms with Gasteiger partial charge in [-0.3, -0.25) is 4.79 Å². The number of unbranched alkanes of at least 4 members (excludes halogenated alkanes) is 4. The molecule has 0 fully saturated rings. The topological polar surface area (TPSA) is 37.3 Å². The van der Waals surface area contributed by atoms with Crippen molar-refractivity contribution in [1.29, 1.82) is 0 Å². The van der Waals surface area contributed by atoms with Crippen molar-refractivity contribution in [2.24, 2.45) is 0 Å². The van der Waals surface area contributed by atoms with Crippen LogP contribution in [0.15, 0.2) is 43.0 Å². The highest BCUT2D eigenvalue weighted by Crippen LogP contribution is 2.16. The number of carbonyl (C=O) groups is 1. The third-order valence-electron chi connectivity index (χ3n) is 3.11. The van der Waals surface area contributed by atoms with Crippen LogP contribution in [-0.2, 0) is 0 Å². The average molecular weight is 292 g/mol. The molecule has 0 bridgehead atoms. The van der Waals surface area contributed by atoms with Gasteiger partial charge < -0.3 is 5.11 Å². The second kappa shape index (κ2) is 10.7. The summed E-state index contributed by atoms with van der Waals surface area (Å²) in [6.07, 6.45) is 7.96. The van der Waals surface area contributed by atoms with Gasteiger partial charge in [-0.25, -0.2) is 0 Å². The summed E-state index contributed by atoms with van der Waals surface area (Å²) >= 11 is 1.21. The quantitative estimate of drug-likeness (QED) is 0.511. The third-order valence-corrected chi connectivity index (χ3v) is 4.16. The van der Waals surface area contributed by atoms with Crippen LogP contribution in [0.3, 0.4) is 0 Å². The lowest BCUT2D eigenvalue weighted by atomic mass is 10.1. The second-order valence-corrected chi connectivity index (χ2v) is 5.89. The summed E-state index contributed by atoms with van der Waals surface area (Å²) in [5.74, 6) is 0.486. The summed E-state index contributed by atoms with van der Waals surface area (Å²) in [5.41, 5.74) is 0.703. The van der Waals surface area contributed by atoms with Crippen molar-refractivity contribution in [3.63, 3.8) is 0 Å². The Morgan fingerprint density at radius 3 is 2.60 bits per heavy atom. The Morgan fingerprint density at radius 1 is 1.20 bits per heavy atom. The predicted molar refractivity (Wildman–Crippen MR) is 87.1 cm³/mol. The largest absolute Gasteiger partial charge is 0.392 e. The third kappa shape index (κ3) is 7.51. The highest BCUT2D eigenvalue weighted by atomic mass is 32.2. The fourth-order valence-electron chi connectivity index (χ4n) is 1.93. The molecule has 1 atom stereocenters. The maximum absolute atomic E-state index is 11.8. The molecule has 1 unspecified atom stereocenters. The minimum atomic E-state index is -0.382. The number of aliphatic hydroxyl groups is 1. The molecule has 0 aliphatic rings. The van der Waals surface area contributed by atoms with Gasteiger partial charge in [-0.15, -0.1) is 6.58 Å². The molecule has 2 nitrogen and oxygen atoms in total. The molecule has 1 rings (SSSR count). The first-order valence-corrected chi connectivity index (χ1v) is 8.23. The van der Waals surface area contributed by atoms with E-state index in [0.29, 0.717) is 11.3 Å². The van der Waals surface area contributed by atoms with E-state index in [1.54, 1.807) is 12.1 Å². The van der Waals surface area contributed by atoms with Crippen molar-refractivity contribution in [3.8, 4) is 0 Å². The fraction of sp³-hybridized carbons (Fsp3) is 0.471. The van der Waals surface area contributed by atoms with Gasteiger partial charge in [-0.05, 0) is 19.3 Å². The summed E-state index contributed by atoms with van der Waals surface area (Å²) in [7, 11) is 0. The maximum Gasteiger partial charge on any atom is 0.219 e. The van der Waals surface area contributed by atoms with Crippen LogP contribution in [-0.4, -0.2) is 22.1 Å². The monoisotopic (exact) mass is 292 g/mol. The molecule has 20 heavy (non-hydrogen) atoms. The lowest BCUT2D eigenvalue weighted by Gasteiger charge is -2.09. The van der Waals surface area contributed by atoms with Crippen LogP contribution >= 0.6 is 11.8 Å². The number of hydrogen-bond acceptors (Lipinski definition) is 3.